The Hall–Kier alpha value is -5.11. The number of halogens is 3. The zero-order valence-electron chi connectivity index (χ0n) is 31.7. The summed E-state index contributed by atoms with van der Waals surface area (Å²) in [6.45, 7) is 1.98. The van der Waals surface area contributed by atoms with Crippen molar-refractivity contribution in [3.05, 3.63) is 89.9 Å². The Kier molecular flexibility index (Phi) is 13.7. The molecule has 15 nitrogen and oxygen atoms in total. The van der Waals surface area contributed by atoms with Crippen LogP contribution < -0.4 is 16.0 Å². The number of imide groups is 1. The van der Waals surface area contributed by atoms with Gasteiger partial charge in [-0.1, -0.05) is 30.3 Å². The second-order valence-electron chi connectivity index (χ2n) is 14.8. The van der Waals surface area contributed by atoms with Crippen LogP contribution in [-0.2, 0) is 35.8 Å². The lowest BCUT2D eigenvalue weighted by Crippen LogP contribution is -2.53. The van der Waals surface area contributed by atoms with Gasteiger partial charge >= 0.3 is 6.03 Å². The molecule has 312 valence electrons. The van der Waals surface area contributed by atoms with Gasteiger partial charge in [-0.15, -0.1) is 0 Å². The van der Waals surface area contributed by atoms with Crippen molar-refractivity contribution in [3.8, 4) is 11.3 Å². The molecule has 58 heavy (non-hydrogen) atoms. The molecule has 3 aliphatic heterocycles. The lowest BCUT2D eigenvalue weighted by atomic mass is 9.89. The van der Waals surface area contributed by atoms with Crippen molar-refractivity contribution in [3.63, 3.8) is 0 Å². The first-order valence-electron chi connectivity index (χ1n) is 19.0. The highest BCUT2D eigenvalue weighted by atomic mass is 32.2. The maximum Gasteiger partial charge on any atom is 0.318 e. The lowest BCUT2D eigenvalue weighted by molar-refractivity contribution is -0.137. The Morgan fingerprint density at radius 2 is 1.78 bits per heavy atom. The third-order valence-corrected chi connectivity index (χ3v) is 11.7. The number of alkyl halides is 1. The molecule has 3 aliphatic rings. The first-order chi connectivity index (χ1) is 27.7. The smallest absolute Gasteiger partial charge is 0.318 e. The summed E-state index contributed by atoms with van der Waals surface area (Å²) in [7, 11) is -4.87. The normalized spacial score (nSPS) is 20.3. The van der Waals surface area contributed by atoms with Crippen LogP contribution in [0.25, 0.3) is 11.3 Å². The van der Waals surface area contributed by atoms with Crippen molar-refractivity contribution in [2.24, 2.45) is 11.8 Å². The van der Waals surface area contributed by atoms with Gasteiger partial charge < -0.3 is 30.2 Å². The summed E-state index contributed by atoms with van der Waals surface area (Å²) in [6, 6.07) is 10.2. The van der Waals surface area contributed by atoms with Crippen molar-refractivity contribution in [1.82, 2.24) is 35.3 Å². The molecule has 5 amide bonds. The molecule has 2 aromatic carbocycles. The molecule has 5 atom stereocenters. The van der Waals surface area contributed by atoms with Gasteiger partial charge in [-0.25, -0.2) is 22.9 Å². The minimum absolute atomic E-state index is 0.0538. The van der Waals surface area contributed by atoms with Gasteiger partial charge in [0.15, 0.2) is 0 Å². The van der Waals surface area contributed by atoms with Gasteiger partial charge in [-0.3, -0.25) is 23.8 Å². The topological polar surface area (TPSA) is 192 Å². The molecule has 0 spiro atoms. The van der Waals surface area contributed by atoms with Crippen LogP contribution in [0, 0.1) is 23.5 Å². The van der Waals surface area contributed by atoms with Gasteiger partial charge in [0.25, 0.3) is 21.9 Å². The third-order valence-electron chi connectivity index (χ3n) is 10.6. The van der Waals surface area contributed by atoms with Crippen LogP contribution in [0.4, 0.5) is 18.0 Å². The largest absolute Gasteiger partial charge is 0.381 e. The van der Waals surface area contributed by atoms with Gasteiger partial charge in [-0.2, -0.15) is 8.42 Å². The summed E-state index contributed by atoms with van der Waals surface area (Å²) < 4.78 is 86.5. The average molecular weight is 830 g/mol. The Bertz CT molecular complexity index is 2100. The molecule has 1 aromatic heterocycles. The summed E-state index contributed by atoms with van der Waals surface area (Å²) in [5.41, 5.74) is 0.934. The predicted molar refractivity (Wildman–Crippen MR) is 204 cm³/mol. The van der Waals surface area contributed by atoms with E-state index < -0.39 is 87.9 Å². The van der Waals surface area contributed by atoms with Crippen molar-refractivity contribution < 1.29 is 50.1 Å². The Balaban J connectivity index is 1.28. The summed E-state index contributed by atoms with van der Waals surface area (Å²) in [4.78, 5) is 58.5. The highest BCUT2D eigenvalue weighted by molar-refractivity contribution is 7.86. The van der Waals surface area contributed by atoms with Crippen molar-refractivity contribution >= 4 is 33.9 Å². The van der Waals surface area contributed by atoms with E-state index in [9.17, 15) is 36.5 Å². The second kappa shape index (κ2) is 18.6. The molecule has 4 N–H and O–H groups in total. The summed E-state index contributed by atoms with van der Waals surface area (Å²) >= 11 is 0. The molecule has 2 fully saturated rings. The van der Waals surface area contributed by atoms with Crippen LogP contribution in [-0.4, -0.2) is 119 Å². The van der Waals surface area contributed by atoms with Crippen molar-refractivity contribution in [1.29, 1.82) is 0 Å². The van der Waals surface area contributed by atoms with Gasteiger partial charge in [0.2, 0.25) is 5.91 Å². The van der Waals surface area contributed by atoms with Crippen LogP contribution in [0.15, 0.2) is 66.9 Å². The van der Waals surface area contributed by atoms with Gasteiger partial charge in [0.1, 0.15) is 28.9 Å². The number of carbonyl (C=O) groups excluding carboxylic acids is 4. The molecular formula is C39H46F3N7O8S. The van der Waals surface area contributed by atoms with E-state index in [1.165, 1.54) is 4.90 Å². The first kappa shape index (κ1) is 42.5. The molecule has 0 bridgehead atoms. The van der Waals surface area contributed by atoms with Crippen LogP contribution in [0.2, 0.25) is 0 Å². The van der Waals surface area contributed by atoms with E-state index in [4.69, 9.17) is 9.72 Å². The van der Waals surface area contributed by atoms with E-state index in [-0.39, 0.29) is 49.9 Å². The molecule has 19 heteroatoms. The van der Waals surface area contributed by atoms with E-state index in [1.807, 2.05) is 30.3 Å². The fourth-order valence-electron chi connectivity index (χ4n) is 7.46. The number of ether oxygens (including phenoxy) is 1. The number of rotatable bonds is 16. The van der Waals surface area contributed by atoms with Crippen molar-refractivity contribution in [2.75, 3.05) is 45.9 Å². The van der Waals surface area contributed by atoms with E-state index in [0.717, 1.165) is 35.9 Å². The molecule has 4 heterocycles. The number of carbonyl (C=O) groups is 4. The van der Waals surface area contributed by atoms with E-state index in [2.05, 4.69) is 16.0 Å². The number of nitrogens with one attached hydrogen (secondary N) is 3. The molecule has 0 aliphatic carbocycles. The second-order valence-corrected chi connectivity index (χ2v) is 16.5. The zero-order valence-corrected chi connectivity index (χ0v) is 32.5. The highest BCUT2D eigenvalue weighted by Gasteiger charge is 2.41. The maximum atomic E-state index is 15.3. The number of imidazole rings is 1. The number of hydrogen-bond donors (Lipinski definition) is 4. The average Bonchev–Trinajstić information content (AvgIpc) is 3.89. The molecule has 1 unspecified atom stereocenters. The third kappa shape index (κ3) is 10.5. The molecular weight excluding hydrogens is 784 g/mol. The fourth-order valence-corrected chi connectivity index (χ4v) is 8.16. The monoisotopic (exact) mass is 829 g/mol. The van der Waals surface area contributed by atoms with Gasteiger partial charge in [-0.05, 0) is 49.4 Å². The van der Waals surface area contributed by atoms with Crippen molar-refractivity contribution in [2.45, 2.75) is 56.2 Å². The summed E-state index contributed by atoms with van der Waals surface area (Å²) in [5, 5.41) is 6.62. The zero-order chi connectivity index (χ0) is 41.6. The fraction of sp³-hybridized carbons (Fsp3) is 0.462. The Morgan fingerprint density at radius 3 is 2.43 bits per heavy atom. The van der Waals surface area contributed by atoms with Crippen LogP contribution in [0.3, 0.4) is 0 Å². The SMILES string of the molecule is C[C@@H](CNC(=O)CC(CN1C(=O)C=CC1=O)S(=O)(=O)O)NC(=O)N(C[C@@H]1CNC[C@@H]1F)[C@@H](c1nc(-c2cc(F)ccc2F)cn1Cc1ccccc1)C1CCOCC1. The lowest BCUT2D eigenvalue weighted by Gasteiger charge is -2.40. The quantitative estimate of drug-likeness (QED) is 0.123. The van der Waals surface area contributed by atoms with E-state index in [1.54, 1.807) is 17.7 Å². The van der Waals surface area contributed by atoms with Gasteiger partial charge in [0, 0.05) is 94.8 Å². The molecule has 2 saturated heterocycles. The summed E-state index contributed by atoms with van der Waals surface area (Å²) in [6.07, 6.45) is 2.44. The first-order valence-corrected chi connectivity index (χ1v) is 20.5. The van der Waals surface area contributed by atoms with Gasteiger partial charge in [0.05, 0.1) is 11.7 Å². The standard InChI is InChI=1S/C39H46F3N7O8S/c1-24(17-44-34(50)16-29(58(54,55)56)22-48-35(51)9-10-36(48)52)45-39(53)49(21-27-18-43-19-32(27)42)37(26-11-13-57-14-12-26)38-46-33(30-15-28(40)7-8-31(30)41)23-47(38)20-25-5-3-2-4-6-25/h2-10,15,23-24,26-27,29,32,37,43H,11-14,16-22H2,1H3,(H,44,50)(H,45,53)(H,54,55,56)/t24-,27-,29?,32-,37+/m0/s1. The van der Waals surface area contributed by atoms with Crippen LogP contribution >= 0.6 is 0 Å². The number of urea groups is 1. The minimum atomic E-state index is -4.87. The number of aromatic nitrogens is 2. The summed E-state index contributed by atoms with van der Waals surface area (Å²) in [5.74, 6) is -4.27. The Morgan fingerprint density at radius 1 is 1.07 bits per heavy atom. The number of amides is 5. The molecule has 0 radical (unpaired) electrons. The Labute approximate surface area is 333 Å². The minimum Gasteiger partial charge on any atom is -0.381 e. The number of nitrogens with zero attached hydrogens (tertiary/aromatic N) is 4. The predicted octanol–water partition coefficient (Wildman–Crippen LogP) is 2.99. The molecule has 0 saturated carbocycles. The number of benzene rings is 2. The van der Waals surface area contributed by atoms with E-state index >= 15 is 8.78 Å². The molecule has 6 rings (SSSR count). The number of hydrogen-bond acceptors (Lipinski definition) is 9. The molecule has 3 aromatic rings. The van der Waals surface area contributed by atoms with Crippen LogP contribution in [0.1, 0.15) is 43.6 Å². The highest BCUT2D eigenvalue weighted by Crippen LogP contribution is 2.38. The maximum absolute atomic E-state index is 15.3. The van der Waals surface area contributed by atoms with E-state index in [0.29, 0.717) is 36.8 Å². The van der Waals surface area contributed by atoms with Crippen LogP contribution in [0.5, 0.6) is 0 Å².